The first-order valence-electron chi connectivity index (χ1n) is 6.49. The van der Waals surface area contributed by atoms with Crippen molar-refractivity contribution in [1.82, 2.24) is 0 Å². The molecule has 2 rings (SSSR count). The van der Waals surface area contributed by atoms with Crippen molar-refractivity contribution in [1.29, 1.82) is 0 Å². The molecule has 0 saturated heterocycles. The van der Waals surface area contributed by atoms with Crippen LogP contribution in [-0.2, 0) is 11.3 Å². The van der Waals surface area contributed by atoms with Crippen molar-refractivity contribution >= 4 is 29.5 Å². The molecule has 22 heavy (non-hydrogen) atoms. The molecular weight excluding hydrogens is 302 g/mol. The molecule has 0 atom stereocenters. The van der Waals surface area contributed by atoms with E-state index in [-0.39, 0.29) is 12.2 Å². The van der Waals surface area contributed by atoms with Crippen molar-refractivity contribution in [2.45, 2.75) is 11.5 Å². The highest BCUT2D eigenvalue weighted by Gasteiger charge is 2.11. The number of nitrogens with one attached hydrogen (secondary N) is 1. The van der Waals surface area contributed by atoms with Crippen LogP contribution in [-0.4, -0.2) is 23.4 Å². The van der Waals surface area contributed by atoms with Crippen LogP contribution < -0.4 is 5.32 Å². The van der Waals surface area contributed by atoms with Gasteiger partial charge in [-0.15, -0.1) is 11.8 Å². The first kappa shape index (κ1) is 15.9. The Hall–Kier alpha value is -2.47. The summed E-state index contributed by atoms with van der Waals surface area (Å²) in [6, 6.07) is 13.9. The minimum Gasteiger partial charge on any atom is -0.478 e. The Balaban J connectivity index is 2.00. The molecule has 0 heterocycles. The summed E-state index contributed by atoms with van der Waals surface area (Å²) in [4.78, 5) is 23.4. The van der Waals surface area contributed by atoms with Gasteiger partial charge in [0, 0.05) is 4.90 Å². The van der Waals surface area contributed by atoms with Gasteiger partial charge < -0.3 is 9.84 Å². The van der Waals surface area contributed by atoms with Gasteiger partial charge in [0.2, 0.25) is 0 Å². The van der Waals surface area contributed by atoms with Gasteiger partial charge in [0.1, 0.15) is 6.61 Å². The summed E-state index contributed by atoms with van der Waals surface area (Å²) in [5.41, 5.74) is 1.59. The maximum Gasteiger partial charge on any atom is 0.411 e. The Labute approximate surface area is 132 Å². The highest BCUT2D eigenvalue weighted by Crippen LogP contribution is 2.26. The number of carboxylic acids is 1. The van der Waals surface area contributed by atoms with E-state index in [1.54, 1.807) is 12.3 Å². The number of amides is 1. The Morgan fingerprint density at radius 3 is 2.55 bits per heavy atom. The minimum atomic E-state index is -1.01. The van der Waals surface area contributed by atoms with Crippen LogP contribution in [0.2, 0.25) is 0 Å². The third kappa shape index (κ3) is 4.26. The number of aromatic carboxylic acids is 1. The van der Waals surface area contributed by atoms with Crippen LogP contribution in [0.25, 0.3) is 0 Å². The fourth-order valence-electron chi connectivity index (χ4n) is 1.80. The number of rotatable bonds is 5. The van der Waals surface area contributed by atoms with E-state index in [2.05, 4.69) is 5.32 Å². The molecule has 1 amide bonds. The Kier molecular flexibility index (Phi) is 5.43. The lowest BCUT2D eigenvalue weighted by atomic mass is 10.2. The molecular formula is C16H15NO4S. The van der Waals surface area contributed by atoms with Gasteiger partial charge in [0.05, 0.1) is 11.3 Å². The normalized spacial score (nSPS) is 10.0. The maximum absolute atomic E-state index is 11.8. The number of ether oxygens (including phenoxy) is 1. The smallest absolute Gasteiger partial charge is 0.411 e. The van der Waals surface area contributed by atoms with E-state index in [0.717, 1.165) is 5.56 Å². The topological polar surface area (TPSA) is 75.6 Å². The molecule has 0 radical (unpaired) electrons. The quantitative estimate of drug-likeness (QED) is 0.819. The molecule has 0 bridgehead atoms. The molecule has 0 aliphatic heterocycles. The number of thioether (sulfide) groups is 1. The molecule has 0 spiro atoms. The molecule has 0 fully saturated rings. The molecule has 5 nitrogen and oxygen atoms in total. The zero-order valence-electron chi connectivity index (χ0n) is 11.9. The largest absolute Gasteiger partial charge is 0.478 e. The second kappa shape index (κ2) is 7.51. The number of hydrogen-bond donors (Lipinski definition) is 2. The molecule has 0 aliphatic carbocycles. The SMILES string of the molecule is CSc1cc(C(=O)O)ccc1NC(=O)OCc1ccccc1. The predicted molar refractivity (Wildman–Crippen MR) is 85.4 cm³/mol. The van der Waals surface area contributed by atoms with E-state index in [1.807, 2.05) is 30.3 Å². The van der Waals surface area contributed by atoms with E-state index in [1.165, 1.54) is 23.9 Å². The van der Waals surface area contributed by atoms with Crippen molar-refractivity contribution < 1.29 is 19.4 Å². The number of benzene rings is 2. The summed E-state index contributed by atoms with van der Waals surface area (Å²) in [7, 11) is 0. The van der Waals surface area contributed by atoms with E-state index >= 15 is 0 Å². The van der Waals surface area contributed by atoms with Crippen LogP contribution in [0.1, 0.15) is 15.9 Å². The second-order valence-electron chi connectivity index (χ2n) is 4.41. The fourth-order valence-corrected chi connectivity index (χ4v) is 2.38. The lowest BCUT2D eigenvalue weighted by Gasteiger charge is -2.11. The van der Waals surface area contributed by atoms with Crippen molar-refractivity contribution in [2.75, 3.05) is 11.6 Å². The Bertz CT molecular complexity index is 673. The average molecular weight is 317 g/mol. The fraction of sp³-hybridized carbons (Fsp3) is 0.125. The number of anilines is 1. The minimum absolute atomic E-state index is 0.174. The van der Waals surface area contributed by atoms with Crippen LogP contribution in [0.3, 0.4) is 0 Å². The van der Waals surface area contributed by atoms with Gasteiger partial charge in [-0.25, -0.2) is 9.59 Å². The highest BCUT2D eigenvalue weighted by molar-refractivity contribution is 7.98. The van der Waals surface area contributed by atoms with Gasteiger partial charge in [-0.3, -0.25) is 5.32 Å². The summed E-state index contributed by atoms with van der Waals surface area (Å²) in [6.07, 6.45) is 1.23. The molecule has 0 aliphatic rings. The predicted octanol–water partition coefficient (Wildman–Crippen LogP) is 3.86. The number of hydrogen-bond acceptors (Lipinski definition) is 4. The first-order chi connectivity index (χ1) is 10.6. The third-order valence-corrected chi connectivity index (χ3v) is 3.68. The molecule has 0 saturated carbocycles. The van der Waals surface area contributed by atoms with Gasteiger partial charge >= 0.3 is 12.1 Å². The van der Waals surface area contributed by atoms with Crippen molar-refractivity contribution in [3.63, 3.8) is 0 Å². The number of carbonyl (C=O) groups excluding carboxylic acids is 1. The Morgan fingerprint density at radius 2 is 1.91 bits per heavy atom. The summed E-state index contributed by atoms with van der Waals surface area (Å²) in [6.45, 7) is 0.175. The molecule has 114 valence electrons. The molecule has 2 aromatic carbocycles. The second-order valence-corrected chi connectivity index (χ2v) is 5.26. The van der Waals surface area contributed by atoms with Crippen molar-refractivity contribution in [2.24, 2.45) is 0 Å². The number of carboxylic acid groups (broad SMARTS) is 1. The molecule has 6 heteroatoms. The first-order valence-corrected chi connectivity index (χ1v) is 7.71. The molecule has 2 aromatic rings. The van der Waals surface area contributed by atoms with Gasteiger partial charge in [-0.1, -0.05) is 30.3 Å². The van der Waals surface area contributed by atoms with E-state index < -0.39 is 12.1 Å². The standard InChI is InChI=1S/C16H15NO4S/c1-22-14-9-12(15(18)19)7-8-13(14)17-16(20)21-10-11-5-3-2-4-6-11/h2-9H,10H2,1H3,(H,17,20)(H,18,19). The van der Waals surface area contributed by atoms with Crippen LogP contribution in [0.15, 0.2) is 53.4 Å². The summed E-state index contributed by atoms with van der Waals surface area (Å²) in [5, 5.41) is 11.6. The van der Waals surface area contributed by atoms with Crippen LogP contribution >= 0.6 is 11.8 Å². The monoisotopic (exact) mass is 317 g/mol. The molecule has 2 N–H and O–H groups in total. The van der Waals surface area contributed by atoms with Gasteiger partial charge in [-0.05, 0) is 30.0 Å². The van der Waals surface area contributed by atoms with Crippen LogP contribution in [0.5, 0.6) is 0 Å². The average Bonchev–Trinajstić information content (AvgIpc) is 2.54. The highest BCUT2D eigenvalue weighted by atomic mass is 32.2. The maximum atomic E-state index is 11.8. The van der Waals surface area contributed by atoms with Gasteiger partial charge in [-0.2, -0.15) is 0 Å². The zero-order valence-corrected chi connectivity index (χ0v) is 12.7. The lowest BCUT2D eigenvalue weighted by Crippen LogP contribution is -2.14. The van der Waals surface area contributed by atoms with E-state index in [4.69, 9.17) is 9.84 Å². The lowest BCUT2D eigenvalue weighted by molar-refractivity contribution is 0.0696. The molecule has 0 unspecified atom stereocenters. The number of carbonyl (C=O) groups is 2. The summed E-state index contributed by atoms with van der Waals surface area (Å²) < 4.78 is 5.13. The summed E-state index contributed by atoms with van der Waals surface area (Å²) >= 11 is 1.35. The van der Waals surface area contributed by atoms with E-state index in [0.29, 0.717) is 10.6 Å². The van der Waals surface area contributed by atoms with Gasteiger partial charge in [0.25, 0.3) is 0 Å². The van der Waals surface area contributed by atoms with E-state index in [9.17, 15) is 9.59 Å². The van der Waals surface area contributed by atoms with Crippen molar-refractivity contribution in [3.05, 3.63) is 59.7 Å². The van der Waals surface area contributed by atoms with Crippen LogP contribution in [0.4, 0.5) is 10.5 Å². The Morgan fingerprint density at radius 1 is 1.18 bits per heavy atom. The van der Waals surface area contributed by atoms with Gasteiger partial charge in [0.15, 0.2) is 0 Å². The van der Waals surface area contributed by atoms with Crippen molar-refractivity contribution in [3.8, 4) is 0 Å². The summed E-state index contributed by atoms with van der Waals surface area (Å²) in [5.74, 6) is -1.01. The molecule has 0 aromatic heterocycles. The van der Waals surface area contributed by atoms with Crippen LogP contribution in [0, 0.1) is 0 Å². The zero-order chi connectivity index (χ0) is 15.9. The third-order valence-electron chi connectivity index (χ3n) is 2.90.